The Labute approximate surface area is 128 Å². The van der Waals surface area contributed by atoms with Crippen molar-refractivity contribution in [2.24, 2.45) is 16.8 Å². The summed E-state index contributed by atoms with van der Waals surface area (Å²) in [4.78, 5) is 26.3. The Morgan fingerprint density at radius 1 is 1.14 bits per heavy atom. The van der Waals surface area contributed by atoms with Crippen molar-refractivity contribution in [1.29, 1.82) is 0 Å². The summed E-state index contributed by atoms with van der Waals surface area (Å²) in [6.07, 6.45) is 0.801. The second-order valence-corrected chi connectivity index (χ2v) is 5.42. The summed E-state index contributed by atoms with van der Waals surface area (Å²) in [6.45, 7) is 8.45. The highest BCUT2D eigenvalue weighted by molar-refractivity contribution is 5.78. The molecule has 0 bridgehead atoms. The molecule has 0 saturated carbocycles. The van der Waals surface area contributed by atoms with Crippen molar-refractivity contribution >= 4 is 18.5 Å². The van der Waals surface area contributed by atoms with Gasteiger partial charge in [0.05, 0.1) is 13.4 Å². The lowest BCUT2D eigenvalue weighted by atomic mass is 9.93. The molecule has 0 spiro atoms. The Bertz CT molecular complexity index is 320. The number of ether oxygens (including phenoxy) is 1. The molecule has 124 valence electrons. The molecule has 0 unspecified atom stereocenters. The summed E-state index contributed by atoms with van der Waals surface area (Å²) in [5.41, 5.74) is 0. The van der Waals surface area contributed by atoms with Crippen LogP contribution in [-0.2, 0) is 4.74 Å². The third-order valence-electron chi connectivity index (χ3n) is 2.53. The van der Waals surface area contributed by atoms with E-state index in [1.807, 2.05) is 0 Å². The van der Waals surface area contributed by atoms with Gasteiger partial charge in [-0.05, 0) is 11.8 Å². The number of urea groups is 1. The Morgan fingerprint density at radius 2 is 1.62 bits per heavy atom. The van der Waals surface area contributed by atoms with Crippen molar-refractivity contribution in [3.05, 3.63) is 0 Å². The molecule has 0 aliphatic heterocycles. The van der Waals surface area contributed by atoms with Crippen molar-refractivity contribution in [1.82, 2.24) is 15.5 Å². The lowest BCUT2D eigenvalue weighted by Gasteiger charge is -2.25. The molecule has 0 saturated heterocycles. The molecule has 0 heterocycles. The van der Waals surface area contributed by atoms with Crippen LogP contribution >= 0.6 is 0 Å². The van der Waals surface area contributed by atoms with Gasteiger partial charge in [-0.2, -0.15) is 4.99 Å². The summed E-state index contributed by atoms with van der Waals surface area (Å²) in [5.74, 6) is 0.949. The zero-order chi connectivity index (χ0) is 17.0. The van der Waals surface area contributed by atoms with Crippen LogP contribution in [0, 0.1) is 11.8 Å². The SMILES string of the molecule is CNC(=O)NC(C(C)C)C(C)C.COC(=O)N=CN(C)C. The molecular weight excluding hydrogens is 272 g/mol. The number of carbonyl (C=O) groups is 2. The molecule has 7 nitrogen and oxygen atoms in total. The van der Waals surface area contributed by atoms with E-state index in [9.17, 15) is 9.59 Å². The molecule has 0 aromatic carbocycles. The summed E-state index contributed by atoms with van der Waals surface area (Å²) in [5, 5.41) is 5.47. The summed E-state index contributed by atoms with van der Waals surface area (Å²) in [6, 6.07) is 0.160. The predicted octanol–water partition coefficient (Wildman–Crippen LogP) is 1.94. The molecule has 0 atom stereocenters. The van der Waals surface area contributed by atoms with Crippen molar-refractivity contribution in [3.8, 4) is 0 Å². The highest BCUT2D eigenvalue weighted by Gasteiger charge is 2.18. The van der Waals surface area contributed by atoms with Gasteiger partial charge < -0.3 is 20.3 Å². The van der Waals surface area contributed by atoms with E-state index in [1.165, 1.54) is 13.4 Å². The van der Waals surface area contributed by atoms with Gasteiger partial charge in [0.2, 0.25) is 0 Å². The second kappa shape index (κ2) is 12.0. The van der Waals surface area contributed by atoms with Crippen LogP contribution in [0.3, 0.4) is 0 Å². The van der Waals surface area contributed by atoms with Crippen molar-refractivity contribution in [2.75, 3.05) is 28.3 Å². The number of hydrogen-bond donors (Lipinski definition) is 2. The average Bonchev–Trinajstić information content (AvgIpc) is 2.41. The lowest BCUT2D eigenvalue weighted by Crippen LogP contribution is -2.45. The van der Waals surface area contributed by atoms with Gasteiger partial charge in [-0.15, -0.1) is 0 Å². The number of nitrogens with one attached hydrogen (secondary N) is 2. The lowest BCUT2D eigenvalue weighted by molar-refractivity contribution is 0.182. The molecule has 3 amide bonds. The van der Waals surface area contributed by atoms with Gasteiger partial charge in [0.1, 0.15) is 0 Å². The second-order valence-electron chi connectivity index (χ2n) is 5.42. The molecule has 0 fully saturated rings. The zero-order valence-electron chi connectivity index (χ0n) is 14.4. The molecular formula is C14H30N4O3. The highest BCUT2D eigenvalue weighted by Crippen LogP contribution is 2.11. The minimum Gasteiger partial charge on any atom is -0.451 e. The molecule has 7 heteroatoms. The van der Waals surface area contributed by atoms with E-state index in [1.54, 1.807) is 26.0 Å². The van der Waals surface area contributed by atoms with Crippen LogP contribution in [-0.4, -0.2) is 57.7 Å². The normalized spacial score (nSPS) is 10.4. The van der Waals surface area contributed by atoms with E-state index in [-0.39, 0.29) is 12.1 Å². The van der Waals surface area contributed by atoms with Crippen LogP contribution in [0.5, 0.6) is 0 Å². The summed E-state index contributed by atoms with van der Waals surface area (Å²) in [7, 11) is 6.46. The van der Waals surface area contributed by atoms with Crippen molar-refractivity contribution < 1.29 is 14.3 Å². The minimum absolute atomic E-state index is 0.0950. The number of nitrogens with zero attached hydrogens (tertiary/aromatic N) is 2. The fourth-order valence-corrected chi connectivity index (χ4v) is 1.54. The highest BCUT2D eigenvalue weighted by atomic mass is 16.5. The predicted molar refractivity (Wildman–Crippen MR) is 85.6 cm³/mol. The van der Waals surface area contributed by atoms with E-state index in [0.717, 1.165) is 0 Å². The third-order valence-corrected chi connectivity index (χ3v) is 2.53. The number of hydrogen-bond acceptors (Lipinski definition) is 3. The number of aliphatic imine (C=N–C) groups is 1. The summed E-state index contributed by atoms with van der Waals surface area (Å²) < 4.78 is 4.24. The Morgan fingerprint density at radius 3 is 1.90 bits per heavy atom. The first-order valence-electron chi connectivity index (χ1n) is 6.92. The van der Waals surface area contributed by atoms with Gasteiger partial charge in [-0.3, -0.25) is 0 Å². The fourth-order valence-electron chi connectivity index (χ4n) is 1.54. The smallest absolute Gasteiger partial charge is 0.434 e. The quantitative estimate of drug-likeness (QED) is 0.614. The Hall–Kier alpha value is -1.79. The Kier molecular flexibility index (Phi) is 12.3. The number of carbonyl (C=O) groups excluding carboxylic acids is 2. The van der Waals surface area contributed by atoms with E-state index < -0.39 is 6.09 Å². The van der Waals surface area contributed by atoms with Gasteiger partial charge in [0.25, 0.3) is 0 Å². The third kappa shape index (κ3) is 13.0. The first kappa shape index (κ1) is 21.5. The van der Waals surface area contributed by atoms with Crippen molar-refractivity contribution in [2.45, 2.75) is 33.7 Å². The maximum Gasteiger partial charge on any atom is 0.434 e. The van der Waals surface area contributed by atoms with Crippen LogP contribution in [0.2, 0.25) is 0 Å². The van der Waals surface area contributed by atoms with Crippen LogP contribution < -0.4 is 10.6 Å². The van der Waals surface area contributed by atoms with Gasteiger partial charge in [-0.1, -0.05) is 27.7 Å². The van der Waals surface area contributed by atoms with Gasteiger partial charge in [-0.25, -0.2) is 9.59 Å². The van der Waals surface area contributed by atoms with Crippen LogP contribution in [0.4, 0.5) is 9.59 Å². The topological polar surface area (TPSA) is 83.0 Å². The van der Waals surface area contributed by atoms with Gasteiger partial charge in [0, 0.05) is 27.2 Å². The Balaban J connectivity index is 0. The summed E-state index contributed by atoms with van der Waals surface area (Å²) >= 11 is 0. The van der Waals surface area contributed by atoms with Crippen molar-refractivity contribution in [3.63, 3.8) is 0 Å². The number of amides is 3. The molecule has 2 N–H and O–H groups in total. The van der Waals surface area contributed by atoms with Crippen LogP contribution in [0.1, 0.15) is 27.7 Å². The van der Waals surface area contributed by atoms with Gasteiger partial charge >= 0.3 is 12.1 Å². The maximum absolute atomic E-state index is 11.0. The van der Waals surface area contributed by atoms with E-state index in [0.29, 0.717) is 11.8 Å². The average molecular weight is 302 g/mol. The molecule has 0 rings (SSSR count). The standard InChI is InChI=1S/C9H20N2O.C5H10N2O2/c1-6(2)8(7(3)4)11-9(12)10-5;1-7(2)4-6-5(8)9-3/h6-8H,1-5H3,(H2,10,11,12);4H,1-3H3. The van der Waals surface area contributed by atoms with Gasteiger partial charge in [0.15, 0.2) is 0 Å². The molecule has 0 radical (unpaired) electrons. The number of rotatable bonds is 4. The zero-order valence-corrected chi connectivity index (χ0v) is 14.4. The molecule has 0 aromatic heterocycles. The molecule has 0 aliphatic rings. The monoisotopic (exact) mass is 302 g/mol. The van der Waals surface area contributed by atoms with E-state index >= 15 is 0 Å². The van der Waals surface area contributed by atoms with E-state index in [4.69, 9.17) is 0 Å². The number of methoxy groups -OCH3 is 1. The fraction of sp³-hybridized carbons (Fsp3) is 0.786. The van der Waals surface area contributed by atoms with Crippen LogP contribution in [0.25, 0.3) is 0 Å². The molecule has 21 heavy (non-hydrogen) atoms. The van der Waals surface area contributed by atoms with Crippen LogP contribution in [0.15, 0.2) is 4.99 Å². The molecule has 0 aromatic rings. The first-order chi connectivity index (χ1) is 9.65. The minimum atomic E-state index is -0.580. The largest absolute Gasteiger partial charge is 0.451 e. The first-order valence-corrected chi connectivity index (χ1v) is 6.92. The molecule has 0 aliphatic carbocycles. The maximum atomic E-state index is 11.0. The van der Waals surface area contributed by atoms with E-state index in [2.05, 4.69) is 48.1 Å².